The first-order chi connectivity index (χ1) is 20.0. The maximum atomic E-state index is 12.8. The van der Waals surface area contributed by atoms with Crippen LogP contribution in [0.1, 0.15) is 50.5 Å². The molecule has 7 nitrogen and oxygen atoms in total. The molecule has 0 fully saturated rings. The summed E-state index contributed by atoms with van der Waals surface area (Å²) in [6, 6.07) is 24.1. The number of alkyl halides is 3. The van der Waals surface area contributed by atoms with Gasteiger partial charge in [-0.15, -0.1) is 0 Å². The lowest BCUT2D eigenvalue weighted by Crippen LogP contribution is -2.13. The SMILES string of the molecule is CCOC(=O)c1ccc(N)cc1.CCOC(=O)c1ccc(NC(=O)c2ccccc2-c2ccc(C(F)(F)F)cc2)cc1. The van der Waals surface area contributed by atoms with Gasteiger partial charge in [0.05, 0.1) is 29.9 Å². The number of hydrogen-bond donors (Lipinski definition) is 2. The maximum absolute atomic E-state index is 12.8. The van der Waals surface area contributed by atoms with E-state index >= 15 is 0 Å². The van der Waals surface area contributed by atoms with E-state index in [9.17, 15) is 27.6 Å². The largest absolute Gasteiger partial charge is 0.462 e. The van der Waals surface area contributed by atoms with Gasteiger partial charge in [-0.25, -0.2) is 9.59 Å². The summed E-state index contributed by atoms with van der Waals surface area (Å²) in [4.78, 5) is 35.6. The van der Waals surface area contributed by atoms with Crippen molar-refractivity contribution in [1.29, 1.82) is 0 Å². The van der Waals surface area contributed by atoms with Gasteiger partial charge < -0.3 is 20.5 Å². The summed E-state index contributed by atoms with van der Waals surface area (Å²) in [5, 5.41) is 2.73. The monoisotopic (exact) mass is 578 g/mol. The Morgan fingerprint density at radius 1 is 0.714 bits per heavy atom. The van der Waals surface area contributed by atoms with Gasteiger partial charge in [-0.2, -0.15) is 13.2 Å². The van der Waals surface area contributed by atoms with Crippen molar-refractivity contribution >= 4 is 29.2 Å². The highest BCUT2D eigenvalue weighted by atomic mass is 19.4. The lowest BCUT2D eigenvalue weighted by atomic mass is 9.98. The third-order valence-electron chi connectivity index (χ3n) is 5.77. The van der Waals surface area contributed by atoms with Crippen LogP contribution in [-0.4, -0.2) is 31.1 Å². The minimum absolute atomic E-state index is 0.262. The molecule has 0 spiro atoms. The Morgan fingerprint density at radius 3 is 1.71 bits per heavy atom. The summed E-state index contributed by atoms with van der Waals surface area (Å²) in [5.74, 6) is -1.19. The Balaban J connectivity index is 0.000000337. The number of carbonyl (C=O) groups excluding carboxylic acids is 3. The molecule has 0 radical (unpaired) electrons. The number of esters is 2. The van der Waals surface area contributed by atoms with E-state index in [1.54, 1.807) is 74.5 Å². The molecule has 1 amide bonds. The Morgan fingerprint density at radius 2 is 1.21 bits per heavy atom. The molecular formula is C32H29F3N2O5. The second-order valence-corrected chi connectivity index (χ2v) is 8.72. The normalized spacial score (nSPS) is 10.6. The van der Waals surface area contributed by atoms with E-state index in [1.807, 2.05) is 0 Å². The van der Waals surface area contributed by atoms with Crippen molar-refractivity contribution in [3.8, 4) is 11.1 Å². The number of amides is 1. The van der Waals surface area contributed by atoms with Gasteiger partial charge in [-0.05, 0) is 91.7 Å². The summed E-state index contributed by atoms with van der Waals surface area (Å²) in [6.45, 7) is 4.14. The number of benzene rings is 4. The number of nitrogen functional groups attached to an aromatic ring is 1. The van der Waals surface area contributed by atoms with E-state index in [1.165, 1.54) is 24.3 Å². The predicted octanol–water partition coefficient (Wildman–Crippen LogP) is 7.25. The Bertz CT molecular complexity index is 1500. The van der Waals surface area contributed by atoms with Crippen LogP contribution in [-0.2, 0) is 15.7 Å². The Labute approximate surface area is 241 Å². The third-order valence-corrected chi connectivity index (χ3v) is 5.77. The molecule has 0 aromatic heterocycles. The Hall–Kier alpha value is -5.12. The number of rotatable bonds is 7. The average Bonchev–Trinajstić information content (AvgIpc) is 2.98. The second kappa shape index (κ2) is 14.5. The zero-order valence-electron chi connectivity index (χ0n) is 22.9. The number of anilines is 2. The third kappa shape index (κ3) is 8.69. The molecule has 0 bridgehead atoms. The van der Waals surface area contributed by atoms with Gasteiger partial charge in [0.15, 0.2) is 0 Å². The van der Waals surface area contributed by atoms with Crippen LogP contribution in [0.15, 0.2) is 97.1 Å². The zero-order chi connectivity index (χ0) is 30.7. The van der Waals surface area contributed by atoms with Crippen molar-refractivity contribution in [2.24, 2.45) is 0 Å². The van der Waals surface area contributed by atoms with Crippen LogP contribution in [0.5, 0.6) is 0 Å². The summed E-state index contributed by atoms with van der Waals surface area (Å²) in [6.07, 6.45) is -4.43. The van der Waals surface area contributed by atoms with Crippen molar-refractivity contribution in [3.63, 3.8) is 0 Å². The van der Waals surface area contributed by atoms with Crippen LogP contribution >= 0.6 is 0 Å². The fourth-order valence-electron chi connectivity index (χ4n) is 3.71. The quantitative estimate of drug-likeness (QED) is 0.177. The van der Waals surface area contributed by atoms with Crippen LogP contribution in [0.3, 0.4) is 0 Å². The van der Waals surface area contributed by atoms with Gasteiger partial charge in [-0.1, -0.05) is 30.3 Å². The molecule has 0 aliphatic rings. The first kappa shape index (κ1) is 31.4. The van der Waals surface area contributed by atoms with Gasteiger partial charge in [0, 0.05) is 16.9 Å². The molecule has 4 aromatic carbocycles. The molecule has 3 N–H and O–H groups in total. The Kier molecular flexibility index (Phi) is 10.8. The van der Waals surface area contributed by atoms with Gasteiger partial charge in [0.2, 0.25) is 0 Å². The highest BCUT2D eigenvalue weighted by Crippen LogP contribution is 2.32. The fraction of sp³-hybridized carbons (Fsp3) is 0.156. The van der Waals surface area contributed by atoms with E-state index < -0.39 is 23.6 Å². The summed E-state index contributed by atoms with van der Waals surface area (Å²) in [7, 11) is 0. The molecule has 218 valence electrons. The van der Waals surface area contributed by atoms with E-state index in [-0.39, 0.29) is 12.6 Å². The van der Waals surface area contributed by atoms with Crippen LogP contribution in [0.25, 0.3) is 11.1 Å². The smallest absolute Gasteiger partial charge is 0.416 e. The van der Waals surface area contributed by atoms with E-state index in [2.05, 4.69) is 5.32 Å². The molecule has 0 heterocycles. The molecule has 10 heteroatoms. The lowest BCUT2D eigenvalue weighted by molar-refractivity contribution is -0.137. The molecule has 0 aliphatic carbocycles. The average molecular weight is 579 g/mol. The van der Waals surface area contributed by atoms with Crippen LogP contribution in [0, 0.1) is 0 Å². The van der Waals surface area contributed by atoms with Crippen LogP contribution in [0.2, 0.25) is 0 Å². The standard InChI is InChI=1S/C23H18F3NO3.C9H11NO2/c1-2-30-22(29)16-9-13-18(14-10-16)27-21(28)20-6-4-3-5-19(20)15-7-11-17(12-8-15)23(24,25)26;1-2-12-9(11)7-3-5-8(10)6-4-7/h3-14H,2H2,1H3,(H,27,28);3-6H,2,10H2,1H3. The van der Waals surface area contributed by atoms with Crippen molar-refractivity contribution < 1.29 is 37.0 Å². The number of hydrogen-bond acceptors (Lipinski definition) is 6. The minimum atomic E-state index is -4.43. The maximum Gasteiger partial charge on any atom is 0.416 e. The van der Waals surface area contributed by atoms with Crippen LogP contribution in [0.4, 0.5) is 24.5 Å². The zero-order valence-corrected chi connectivity index (χ0v) is 22.9. The first-order valence-corrected chi connectivity index (χ1v) is 12.9. The molecule has 0 aliphatic heterocycles. The fourth-order valence-corrected chi connectivity index (χ4v) is 3.71. The van der Waals surface area contributed by atoms with E-state index in [0.717, 1.165) is 12.1 Å². The van der Waals surface area contributed by atoms with Crippen molar-refractivity contribution in [2.75, 3.05) is 24.3 Å². The number of nitrogens with two attached hydrogens (primary N) is 1. The van der Waals surface area contributed by atoms with E-state index in [0.29, 0.717) is 45.8 Å². The minimum Gasteiger partial charge on any atom is -0.462 e. The summed E-state index contributed by atoms with van der Waals surface area (Å²) < 4.78 is 48.1. The van der Waals surface area contributed by atoms with Crippen molar-refractivity contribution in [2.45, 2.75) is 20.0 Å². The highest BCUT2D eigenvalue weighted by molar-refractivity contribution is 6.08. The van der Waals surface area contributed by atoms with Gasteiger partial charge in [-0.3, -0.25) is 4.79 Å². The number of nitrogens with one attached hydrogen (secondary N) is 1. The van der Waals surface area contributed by atoms with Crippen molar-refractivity contribution in [1.82, 2.24) is 0 Å². The molecule has 0 saturated carbocycles. The second-order valence-electron chi connectivity index (χ2n) is 8.72. The molecule has 0 unspecified atom stereocenters. The molecule has 0 saturated heterocycles. The first-order valence-electron chi connectivity index (χ1n) is 12.9. The number of halogens is 3. The summed E-state index contributed by atoms with van der Waals surface area (Å²) in [5.41, 5.74) is 8.01. The van der Waals surface area contributed by atoms with Gasteiger partial charge in [0.25, 0.3) is 5.91 Å². The number of ether oxygens (including phenoxy) is 2. The summed E-state index contributed by atoms with van der Waals surface area (Å²) >= 11 is 0. The lowest BCUT2D eigenvalue weighted by Gasteiger charge is -2.12. The van der Waals surface area contributed by atoms with Crippen molar-refractivity contribution in [3.05, 3.63) is 119 Å². The molecule has 4 rings (SSSR count). The van der Waals surface area contributed by atoms with E-state index in [4.69, 9.17) is 15.2 Å². The van der Waals surface area contributed by atoms with Crippen LogP contribution < -0.4 is 11.1 Å². The number of carbonyl (C=O) groups is 3. The predicted molar refractivity (Wildman–Crippen MR) is 154 cm³/mol. The molecule has 4 aromatic rings. The van der Waals surface area contributed by atoms with Gasteiger partial charge >= 0.3 is 18.1 Å². The topological polar surface area (TPSA) is 108 Å². The highest BCUT2D eigenvalue weighted by Gasteiger charge is 2.30. The molecule has 42 heavy (non-hydrogen) atoms. The molecular weight excluding hydrogens is 549 g/mol. The van der Waals surface area contributed by atoms with Gasteiger partial charge in [0.1, 0.15) is 0 Å². The molecule has 0 atom stereocenters.